The van der Waals surface area contributed by atoms with Gasteiger partial charge in [-0.25, -0.2) is 0 Å². The molecule has 1 aliphatic heterocycles. The molecular weight excluding hydrogens is 254 g/mol. The largest absolute Gasteiger partial charge is 0.366 e. The summed E-state index contributed by atoms with van der Waals surface area (Å²) in [6, 6.07) is 5.98. The Kier molecular flexibility index (Phi) is 4.00. The molecule has 2 atom stereocenters. The Balaban J connectivity index is 2.35. The smallest absolute Gasteiger partial charge is 0.152 e. The van der Waals surface area contributed by atoms with Crippen LogP contribution in [0.3, 0.4) is 0 Å². The summed E-state index contributed by atoms with van der Waals surface area (Å²) in [6.45, 7) is 5.43. The normalized spacial score (nSPS) is 24.8. The minimum atomic E-state index is 0.439. The molecule has 1 fully saturated rings. The summed E-state index contributed by atoms with van der Waals surface area (Å²) in [6.07, 6.45) is 0.889. The summed E-state index contributed by atoms with van der Waals surface area (Å²) >= 11 is 7.90. The van der Waals surface area contributed by atoms with E-state index in [4.69, 9.17) is 11.6 Å². The van der Waals surface area contributed by atoms with Gasteiger partial charge in [0.1, 0.15) is 0 Å². The maximum absolute atomic E-state index is 11.1. The number of benzene rings is 1. The zero-order valence-electron chi connectivity index (χ0n) is 10.0. The molecule has 4 heteroatoms. The molecule has 1 aliphatic rings. The molecule has 2 unspecified atom stereocenters. The summed E-state index contributed by atoms with van der Waals surface area (Å²) in [7, 11) is 0. The van der Waals surface area contributed by atoms with Gasteiger partial charge in [0.05, 0.1) is 0 Å². The van der Waals surface area contributed by atoms with Crippen LogP contribution < -0.4 is 4.90 Å². The standard InChI is InChI=1S/C13H16ClNOS/c1-9-10(2)17-6-5-15(9)13-4-3-12(14)7-11(13)8-16/h3-4,7-10H,5-6H2,1-2H3. The van der Waals surface area contributed by atoms with Gasteiger partial charge in [-0.2, -0.15) is 11.8 Å². The number of halogens is 1. The van der Waals surface area contributed by atoms with E-state index in [1.54, 1.807) is 6.07 Å². The molecule has 2 nitrogen and oxygen atoms in total. The number of anilines is 1. The van der Waals surface area contributed by atoms with Gasteiger partial charge in [0.15, 0.2) is 6.29 Å². The van der Waals surface area contributed by atoms with Crippen LogP contribution in [0.5, 0.6) is 0 Å². The van der Waals surface area contributed by atoms with Gasteiger partial charge >= 0.3 is 0 Å². The molecule has 92 valence electrons. The van der Waals surface area contributed by atoms with Crippen molar-refractivity contribution in [1.29, 1.82) is 0 Å². The summed E-state index contributed by atoms with van der Waals surface area (Å²) in [5.74, 6) is 1.10. The number of aldehydes is 1. The lowest BCUT2D eigenvalue weighted by atomic mass is 10.1. The molecule has 1 aromatic rings. The summed E-state index contributed by atoms with van der Waals surface area (Å²) in [5, 5.41) is 1.20. The first-order valence-electron chi connectivity index (χ1n) is 5.76. The van der Waals surface area contributed by atoms with Crippen molar-refractivity contribution in [3.05, 3.63) is 28.8 Å². The topological polar surface area (TPSA) is 20.3 Å². The Morgan fingerprint density at radius 3 is 2.94 bits per heavy atom. The lowest BCUT2D eigenvalue weighted by molar-refractivity contribution is 0.112. The lowest BCUT2D eigenvalue weighted by Crippen LogP contribution is -2.45. The lowest BCUT2D eigenvalue weighted by Gasteiger charge is -2.39. The van der Waals surface area contributed by atoms with Gasteiger partial charge in [-0.15, -0.1) is 0 Å². The fourth-order valence-electron chi connectivity index (χ4n) is 2.15. The van der Waals surface area contributed by atoms with Gasteiger partial charge in [-0.3, -0.25) is 4.79 Å². The monoisotopic (exact) mass is 269 g/mol. The first kappa shape index (κ1) is 12.8. The Bertz CT molecular complexity index is 424. The quantitative estimate of drug-likeness (QED) is 0.767. The van der Waals surface area contributed by atoms with E-state index in [9.17, 15) is 4.79 Å². The third-order valence-electron chi connectivity index (χ3n) is 3.31. The Morgan fingerprint density at radius 2 is 2.24 bits per heavy atom. The first-order chi connectivity index (χ1) is 8.13. The van der Waals surface area contributed by atoms with Crippen LogP contribution in [0.25, 0.3) is 0 Å². The molecule has 2 rings (SSSR count). The van der Waals surface area contributed by atoms with Crippen molar-refractivity contribution in [3.63, 3.8) is 0 Å². The summed E-state index contributed by atoms with van der Waals surface area (Å²) in [5.41, 5.74) is 1.69. The molecule has 17 heavy (non-hydrogen) atoms. The van der Waals surface area contributed by atoms with Crippen LogP contribution in [0.2, 0.25) is 5.02 Å². The molecule has 0 amide bonds. The Hall–Kier alpha value is -0.670. The van der Waals surface area contributed by atoms with Gasteiger partial charge in [0.2, 0.25) is 0 Å². The number of thioether (sulfide) groups is 1. The molecule has 0 bridgehead atoms. The van der Waals surface area contributed by atoms with E-state index in [2.05, 4.69) is 18.7 Å². The van der Waals surface area contributed by atoms with Crippen molar-refractivity contribution in [1.82, 2.24) is 0 Å². The maximum Gasteiger partial charge on any atom is 0.152 e. The van der Waals surface area contributed by atoms with Crippen molar-refractivity contribution in [2.24, 2.45) is 0 Å². The van der Waals surface area contributed by atoms with Crippen molar-refractivity contribution in [2.45, 2.75) is 25.1 Å². The number of carbonyl (C=O) groups is 1. The highest BCUT2D eigenvalue weighted by molar-refractivity contribution is 8.00. The van der Waals surface area contributed by atoms with E-state index in [1.165, 1.54) is 0 Å². The average molecular weight is 270 g/mol. The number of nitrogens with zero attached hydrogens (tertiary/aromatic N) is 1. The van der Waals surface area contributed by atoms with Crippen LogP contribution in [0.15, 0.2) is 18.2 Å². The first-order valence-corrected chi connectivity index (χ1v) is 7.19. The number of carbonyl (C=O) groups excluding carboxylic acids is 1. The van der Waals surface area contributed by atoms with E-state index < -0.39 is 0 Å². The fraction of sp³-hybridized carbons (Fsp3) is 0.462. The molecule has 0 aromatic heterocycles. The minimum absolute atomic E-state index is 0.439. The highest BCUT2D eigenvalue weighted by atomic mass is 35.5. The zero-order chi connectivity index (χ0) is 12.4. The van der Waals surface area contributed by atoms with E-state index in [0.29, 0.717) is 21.9 Å². The third-order valence-corrected chi connectivity index (χ3v) is 4.88. The average Bonchev–Trinajstić information content (AvgIpc) is 2.33. The van der Waals surface area contributed by atoms with Crippen molar-refractivity contribution >= 4 is 35.3 Å². The second kappa shape index (κ2) is 5.32. The SMILES string of the molecule is CC1SCCN(c2ccc(Cl)cc2C=O)C1C. The van der Waals surface area contributed by atoms with Gasteiger partial charge in [-0.05, 0) is 25.1 Å². The molecule has 0 aliphatic carbocycles. The van der Waals surface area contributed by atoms with Gasteiger partial charge < -0.3 is 4.90 Å². The van der Waals surface area contributed by atoms with E-state index in [1.807, 2.05) is 23.9 Å². The van der Waals surface area contributed by atoms with Crippen molar-refractivity contribution < 1.29 is 4.79 Å². The van der Waals surface area contributed by atoms with Gasteiger partial charge in [-0.1, -0.05) is 18.5 Å². The molecule has 1 heterocycles. The summed E-state index contributed by atoms with van der Waals surface area (Å²) in [4.78, 5) is 13.4. The highest BCUT2D eigenvalue weighted by Gasteiger charge is 2.26. The van der Waals surface area contributed by atoms with Crippen LogP contribution in [0, 0.1) is 0 Å². The highest BCUT2D eigenvalue weighted by Crippen LogP contribution is 2.31. The minimum Gasteiger partial charge on any atom is -0.366 e. The van der Waals surface area contributed by atoms with Crippen molar-refractivity contribution in [2.75, 3.05) is 17.2 Å². The van der Waals surface area contributed by atoms with E-state index in [0.717, 1.165) is 24.3 Å². The molecule has 1 aromatic carbocycles. The number of hydrogen-bond donors (Lipinski definition) is 0. The number of rotatable bonds is 2. The second-order valence-electron chi connectivity index (χ2n) is 4.33. The molecular formula is C13H16ClNOS. The Labute approximate surface area is 111 Å². The predicted molar refractivity (Wildman–Crippen MR) is 75.6 cm³/mol. The van der Waals surface area contributed by atoms with Crippen LogP contribution in [0.4, 0.5) is 5.69 Å². The zero-order valence-corrected chi connectivity index (χ0v) is 11.6. The van der Waals surface area contributed by atoms with Crippen LogP contribution in [-0.4, -0.2) is 29.9 Å². The van der Waals surface area contributed by atoms with E-state index in [-0.39, 0.29) is 0 Å². The van der Waals surface area contributed by atoms with E-state index >= 15 is 0 Å². The van der Waals surface area contributed by atoms with Crippen LogP contribution in [-0.2, 0) is 0 Å². The summed E-state index contributed by atoms with van der Waals surface area (Å²) < 4.78 is 0. The maximum atomic E-state index is 11.1. The third kappa shape index (κ3) is 2.61. The molecule has 0 N–H and O–H groups in total. The van der Waals surface area contributed by atoms with Gasteiger partial charge in [0.25, 0.3) is 0 Å². The predicted octanol–water partition coefficient (Wildman–Crippen LogP) is 3.48. The van der Waals surface area contributed by atoms with Crippen LogP contribution in [0.1, 0.15) is 24.2 Å². The molecule has 0 saturated carbocycles. The number of hydrogen-bond acceptors (Lipinski definition) is 3. The fourth-order valence-corrected chi connectivity index (χ4v) is 3.43. The van der Waals surface area contributed by atoms with Crippen molar-refractivity contribution in [3.8, 4) is 0 Å². The second-order valence-corrected chi connectivity index (χ2v) is 6.25. The van der Waals surface area contributed by atoms with Crippen LogP contribution >= 0.6 is 23.4 Å². The molecule has 1 saturated heterocycles. The van der Waals surface area contributed by atoms with Gasteiger partial charge in [0, 0.05) is 39.9 Å². The Morgan fingerprint density at radius 1 is 1.47 bits per heavy atom. The molecule has 0 spiro atoms. The molecule has 0 radical (unpaired) electrons.